The number of amides is 1. The number of carbonyl (C=O) groups excluding carboxylic acids is 2. The molecule has 0 radical (unpaired) electrons. The van der Waals surface area contributed by atoms with Crippen LogP contribution in [0.2, 0.25) is 5.02 Å². The van der Waals surface area contributed by atoms with E-state index in [0.717, 1.165) is 10.7 Å². The zero-order valence-corrected chi connectivity index (χ0v) is 16.6. The normalized spacial score (nSPS) is 10.8. The quantitative estimate of drug-likeness (QED) is 0.589. The highest BCUT2D eigenvalue weighted by molar-refractivity contribution is 7.09. The van der Waals surface area contributed by atoms with Gasteiger partial charge < -0.3 is 5.32 Å². The van der Waals surface area contributed by atoms with Crippen LogP contribution in [0, 0.1) is 0 Å². The lowest BCUT2D eigenvalue weighted by molar-refractivity contribution is 0.0939. The van der Waals surface area contributed by atoms with E-state index in [1.165, 1.54) is 0 Å². The number of carbonyl (C=O) groups is 2. The van der Waals surface area contributed by atoms with Crippen LogP contribution in [0.25, 0.3) is 0 Å². The molecule has 1 aromatic heterocycles. The highest BCUT2D eigenvalue weighted by Crippen LogP contribution is 2.20. The van der Waals surface area contributed by atoms with E-state index in [1.54, 1.807) is 59.9 Å². The number of halogens is 1. The number of hydrogen-bond donors (Lipinski definition) is 1. The molecule has 6 heteroatoms. The summed E-state index contributed by atoms with van der Waals surface area (Å²) in [6, 6.07) is 13.4. The number of thiazole rings is 1. The van der Waals surface area contributed by atoms with Crippen molar-refractivity contribution >= 4 is 34.6 Å². The van der Waals surface area contributed by atoms with E-state index in [4.69, 9.17) is 11.6 Å². The summed E-state index contributed by atoms with van der Waals surface area (Å²) in [4.78, 5) is 30.0. The molecule has 0 aliphatic heterocycles. The summed E-state index contributed by atoms with van der Waals surface area (Å²) in [5.41, 5.74) is 2.01. The van der Waals surface area contributed by atoms with Gasteiger partial charge in [0.05, 0.1) is 22.8 Å². The van der Waals surface area contributed by atoms with Crippen LogP contribution in [0.4, 0.5) is 0 Å². The summed E-state index contributed by atoms with van der Waals surface area (Å²) in [6.07, 6.45) is 0. The number of benzene rings is 2. The largest absolute Gasteiger partial charge is 0.346 e. The standard InChI is InChI=1S/C21H19ClN2O2S/c1-13(2)21-24-16(12-27-21)11-23-20(26)18-6-4-3-5-17(18)19(25)14-7-9-15(22)10-8-14/h3-10,12-13H,11H2,1-2H3,(H,23,26). The van der Waals surface area contributed by atoms with Crippen LogP contribution in [0.1, 0.15) is 56.7 Å². The number of aromatic nitrogens is 1. The van der Waals surface area contributed by atoms with Gasteiger partial charge in [-0.25, -0.2) is 4.98 Å². The summed E-state index contributed by atoms with van der Waals surface area (Å²) >= 11 is 7.47. The molecular formula is C21H19ClN2O2S. The Bertz CT molecular complexity index is 964. The molecule has 0 aliphatic rings. The van der Waals surface area contributed by atoms with Crippen molar-refractivity contribution in [1.82, 2.24) is 10.3 Å². The molecule has 0 bridgehead atoms. The van der Waals surface area contributed by atoms with Crippen molar-refractivity contribution in [2.45, 2.75) is 26.3 Å². The summed E-state index contributed by atoms with van der Waals surface area (Å²) in [5.74, 6) is -0.155. The van der Waals surface area contributed by atoms with Crippen LogP contribution >= 0.6 is 22.9 Å². The maximum atomic E-state index is 12.8. The third kappa shape index (κ3) is 4.62. The Morgan fingerprint density at radius 3 is 2.37 bits per heavy atom. The van der Waals surface area contributed by atoms with Crippen molar-refractivity contribution in [3.63, 3.8) is 0 Å². The van der Waals surface area contributed by atoms with E-state index in [1.807, 2.05) is 5.38 Å². The number of nitrogens with zero attached hydrogens (tertiary/aromatic N) is 1. The predicted octanol–water partition coefficient (Wildman–Crippen LogP) is 5.08. The van der Waals surface area contributed by atoms with Crippen LogP contribution < -0.4 is 5.32 Å². The van der Waals surface area contributed by atoms with E-state index in [2.05, 4.69) is 24.1 Å². The van der Waals surface area contributed by atoms with E-state index in [-0.39, 0.29) is 11.7 Å². The molecule has 3 aromatic rings. The van der Waals surface area contributed by atoms with Gasteiger partial charge in [-0.3, -0.25) is 9.59 Å². The highest BCUT2D eigenvalue weighted by atomic mass is 35.5. The molecule has 0 aliphatic carbocycles. The third-order valence-corrected chi connectivity index (χ3v) is 5.46. The third-order valence-electron chi connectivity index (χ3n) is 4.02. The first kappa shape index (κ1) is 19.3. The lowest BCUT2D eigenvalue weighted by Gasteiger charge is -2.09. The number of ketones is 1. The van der Waals surface area contributed by atoms with E-state index >= 15 is 0 Å². The van der Waals surface area contributed by atoms with Gasteiger partial charge in [0, 0.05) is 27.4 Å². The molecule has 0 spiro atoms. The Morgan fingerprint density at radius 2 is 1.74 bits per heavy atom. The first-order chi connectivity index (χ1) is 13.0. The number of rotatable bonds is 6. The molecule has 1 amide bonds. The lowest BCUT2D eigenvalue weighted by atomic mass is 9.98. The van der Waals surface area contributed by atoms with Crippen molar-refractivity contribution < 1.29 is 9.59 Å². The smallest absolute Gasteiger partial charge is 0.252 e. The van der Waals surface area contributed by atoms with Crippen LogP contribution in [0.5, 0.6) is 0 Å². The van der Waals surface area contributed by atoms with E-state index < -0.39 is 0 Å². The Hall–Kier alpha value is -2.50. The number of hydrogen-bond acceptors (Lipinski definition) is 4. The second kappa shape index (κ2) is 8.46. The minimum atomic E-state index is -0.299. The fourth-order valence-corrected chi connectivity index (χ4v) is 3.53. The van der Waals surface area contributed by atoms with Crippen LogP contribution in [0.15, 0.2) is 53.9 Å². The SMILES string of the molecule is CC(C)c1nc(CNC(=O)c2ccccc2C(=O)c2ccc(Cl)cc2)cs1. The summed E-state index contributed by atoms with van der Waals surface area (Å²) in [6.45, 7) is 4.49. The predicted molar refractivity (Wildman–Crippen MR) is 109 cm³/mol. The molecule has 0 unspecified atom stereocenters. The lowest BCUT2D eigenvalue weighted by Crippen LogP contribution is -2.25. The number of nitrogens with one attached hydrogen (secondary N) is 1. The molecule has 0 fully saturated rings. The van der Waals surface area contributed by atoms with Gasteiger partial charge in [0.25, 0.3) is 5.91 Å². The molecule has 1 heterocycles. The average Bonchev–Trinajstić information content (AvgIpc) is 3.15. The van der Waals surface area contributed by atoms with Gasteiger partial charge in [0.2, 0.25) is 0 Å². The van der Waals surface area contributed by atoms with Gasteiger partial charge in [-0.2, -0.15) is 0 Å². The Labute approximate surface area is 167 Å². The fraction of sp³-hybridized carbons (Fsp3) is 0.190. The van der Waals surface area contributed by atoms with Gasteiger partial charge in [-0.1, -0.05) is 43.6 Å². The Morgan fingerprint density at radius 1 is 1.07 bits per heavy atom. The monoisotopic (exact) mass is 398 g/mol. The van der Waals surface area contributed by atoms with Crippen LogP contribution in [-0.2, 0) is 6.54 Å². The van der Waals surface area contributed by atoms with E-state index in [9.17, 15) is 9.59 Å². The van der Waals surface area contributed by atoms with Gasteiger partial charge in [0.1, 0.15) is 0 Å². The van der Waals surface area contributed by atoms with Crippen LogP contribution in [-0.4, -0.2) is 16.7 Å². The Kier molecular flexibility index (Phi) is 6.04. The minimum Gasteiger partial charge on any atom is -0.346 e. The van der Waals surface area contributed by atoms with Crippen molar-refractivity contribution in [3.8, 4) is 0 Å². The zero-order chi connectivity index (χ0) is 19.4. The summed E-state index contributed by atoms with van der Waals surface area (Å²) in [5, 5.41) is 6.40. The molecular weight excluding hydrogens is 380 g/mol. The molecule has 2 aromatic carbocycles. The maximum Gasteiger partial charge on any atom is 0.252 e. The molecule has 3 rings (SSSR count). The summed E-state index contributed by atoms with van der Waals surface area (Å²) < 4.78 is 0. The maximum absolute atomic E-state index is 12.8. The molecule has 0 saturated heterocycles. The molecule has 0 atom stereocenters. The molecule has 0 saturated carbocycles. The topological polar surface area (TPSA) is 59.1 Å². The van der Waals surface area contributed by atoms with Crippen molar-refractivity contribution in [2.75, 3.05) is 0 Å². The molecule has 4 nitrogen and oxygen atoms in total. The second-order valence-corrected chi connectivity index (χ2v) is 7.72. The first-order valence-corrected chi connectivity index (χ1v) is 9.83. The van der Waals surface area contributed by atoms with Gasteiger partial charge >= 0.3 is 0 Å². The average molecular weight is 399 g/mol. The molecule has 1 N–H and O–H groups in total. The zero-order valence-electron chi connectivity index (χ0n) is 15.0. The van der Waals surface area contributed by atoms with Gasteiger partial charge in [-0.15, -0.1) is 11.3 Å². The van der Waals surface area contributed by atoms with Crippen molar-refractivity contribution in [3.05, 3.63) is 86.3 Å². The van der Waals surface area contributed by atoms with Crippen molar-refractivity contribution in [1.29, 1.82) is 0 Å². The second-order valence-electron chi connectivity index (χ2n) is 6.40. The minimum absolute atomic E-state index is 0.215. The molecule has 27 heavy (non-hydrogen) atoms. The highest BCUT2D eigenvalue weighted by Gasteiger charge is 2.18. The van der Waals surface area contributed by atoms with Gasteiger partial charge in [0.15, 0.2) is 5.78 Å². The van der Waals surface area contributed by atoms with Crippen molar-refractivity contribution in [2.24, 2.45) is 0 Å². The molecule has 138 valence electrons. The van der Waals surface area contributed by atoms with Gasteiger partial charge in [-0.05, 0) is 30.3 Å². The first-order valence-electron chi connectivity index (χ1n) is 8.57. The fourth-order valence-electron chi connectivity index (χ4n) is 2.57. The Balaban J connectivity index is 1.77. The summed E-state index contributed by atoms with van der Waals surface area (Å²) in [7, 11) is 0. The van der Waals surface area contributed by atoms with E-state index in [0.29, 0.717) is 34.2 Å². The van der Waals surface area contributed by atoms with Crippen LogP contribution in [0.3, 0.4) is 0 Å².